The SMILES string of the molecule is CCC(C)N(CC)Cc1sccc1C#CCCO. The first-order valence-corrected chi connectivity index (χ1v) is 7.51. The molecule has 0 fully saturated rings. The van der Waals surface area contributed by atoms with Gasteiger partial charge < -0.3 is 5.11 Å². The molecule has 0 radical (unpaired) electrons. The van der Waals surface area contributed by atoms with E-state index in [1.807, 2.05) is 0 Å². The van der Waals surface area contributed by atoms with Crippen molar-refractivity contribution >= 4 is 11.3 Å². The number of thiophene rings is 1. The molecule has 0 aliphatic carbocycles. The molecule has 1 atom stereocenters. The second-order valence-corrected chi connectivity index (χ2v) is 5.35. The Morgan fingerprint density at radius 1 is 1.44 bits per heavy atom. The molecule has 0 aliphatic rings. The molecule has 1 rings (SSSR count). The summed E-state index contributed by atoms with van der Waals surface area (Å²) in [6, 6.07) is 2.69. The van der Waals surface area contributed by atoms with Crippen LogP contribution in [0.5, 0.6) is 0 Å². The van der Waals surface area contributed by atoms with Gasteiger partial charge in [-0.3, -0.25) is 4.90 Å². The smallest absolute Gasteiger partial charge is 0.0540 e. The van der Waals surface area contributed by atoms with Crippen LogP contribution in [0.25, 0.3) is 0 Å². The van der Waals surface area contributed by atoms with Gasteiger partial charge in [0.1, 0.15) is 0 Å². The van der Waals surface area contributed by atoms with Gasteiger partial charge in [0, 0.05) is 29.4 Å². The van der Waals surface area contributed by atoms with Crippen LogP contribution in [0, 0.1) is 11.8 Å². The number of nitrogens with zero attached hydrogens (tertiary/aromatic N) is 1. The molecule has 3 heteroatoms. The normalized spacial score (nSPS) is 12.3. The fourth-order valence-corrected chi connectivity index (χ4v) is 2.66. The van der Waals surface area contributed by atoms with Crippen LogP contribution in [0.3, 0.4) is 0 Å². The first kappa shape index (κ1) is 15.2. The number of rotatable bonds is 6. The van der Waals surface area contributed by atoms with Gasteiger partial charge in [-0.15, -0.1) is 11.3 Å². The van der Waals surface area contributed by atoms with Crippen LogP contribution >= 0.6 is 11.3 Å². The third-order valence-electron chi connectivity index (χ3n) is 3.17. The zero-order valence-corrected chi connectivity index (χ0v) is 12.4. The standard InChI is InChI=1S/C15H23NOS/c1-4-13(3)16(5-2)12-15-14(9-11-18-15)8-6-7-10-17/h9,11,13,17H,4-5,7,10,12H2,1-3H3. The van der Waals surface area contributed by atoms with Crippen molar-refractivity contribution in [2.24, 2.45) is 0 Å². The molecule has 1 unspecified atom stereocenters. The minimum Gasteiger partial charge on any atom is -0.395 e. The van der Waals surface area contributed by atoms with E-state index in [0.29, 0.717) is 12.5 Å². The van der Waals surface area contributed by atoms with Crippen LogP contribution in [-0.2, 0) is 6.54 Å². The molecule has 18 heavy (non-hydrogen) atoms. The highest BCUT2D eigenvalue weighted by Crippen LogP contribution is 2.19. The molecule has 0 aromatic carbocycles. The summed E-state index contributed by atoms with van der Waals surface area (Å²) in [6.45, 7) is 8.89. The Hall–Kier alpha value is -0.820. The predicted octanol–water partition coefficient (Wildman–Crippen LogP) is 3.10. The lowest BCUT2D eigenvalue weighted by Crippen LogP contribution is -2.31. The lowest BCUT2D eigenvalue weighted by atomic mass is 10.2. The van der Waals surface area contributed by atoms with Crippen LogP contribution in [0.2, 0.25) is 0 Å². The van der Waals surface area contributed by atoms with Gasteiger partial charge in [-0.25, -0.2) is 0 Å². The van der Waals surface area contributed by atoms with E-state index in [4.69, 9.17) is 5.11 Å². The van der Waals surface area contributed by atoms with Crippen molar-refractivity contribution < 1.29 is 5.11 Å². The molecular weight excluding hydrogens is 242 g/mol. The van der Waals surface area contributed by atoms with E-state index in [9.17, 15) is 0 Å². The van der Waals surface area contributed by atoms with Crippen LogP contribution in [-0.4, -0.2) is 29.2 Å². The fourth-order valence-electron chi connectivity index (χ4n) is 1.81. The monoisotopic (exact) mass is 265 g/mol. The molecule has 0 amide bonds. The topological polar surface area (TPSA) is 23.5 Å². The molecule has 0 bridgehead atoms. The van der Waals surface area contributed by atoms with E-state index in [1.165, 1.54) is 11.3 Å². The lowest BCUT2D eigenvalue weighted by molar-refractivity contribution is 0.208. The van der Waals surface area contributed by atoms with Crippen LogP contribution in [0.4, 0.5) is 0 Å². The Kier molecular flexibility index (Phi) is 7.04. The maximum atomic E-state index is 8.74. The van der Waals surface area contributed by atoms with Gasteiger partial charge in [-0.2, -0.15) is 0 Å². The van der Waals surface area contributed by atoms with E-state index >= 15 is 0 Å². The third kappa shape index (κ3) is 4.45. The summed E-state index contributed by atoms with van der Waals surface area (Å²) in [4.78, 5) is 3.81. The Bertz CT molecular complexity index is 402. The quantitative estimate of drug-likeness (QED) is 0.799. The maximum absolute atomic E-state index is 8.74. The summed E-state index contributed by atoms with van der Waals surface area (Å²) in [5, 5.41) is 10.8. The highest BCUT2D eigenvalue weighted by Gasteiger charge is 2.12. The van der Waals surface area contributed by atoms with Gasteiger partial charge >= 0.3 is 0 Å². The molecule has 1 N–H and O–H groups in total. The third-order valence-corrected chi connectivity index (χ3v) is 4.08. The van der Waals surface area contributed by atoms with E-state index in [-0.39, 0.29) is 6.61 Å². The number of aliphatic hydroxyl groups excluding tert-OH is 1. The van der Waals surface area contributed by atoms with Crippen molar-refractivity contribution in [3.63, 3.8) is 0 Å². The second-order valence-electron chi connectivity index (χ2n) is 4.35. The van der Waals surface area contributed by atoms with E-state index in [2.05, 4.69) is 49.0 Å². The van der Waals surface area contributed by atoms with Gasteiger partial charge in [0.25, 0.3) is 0 Å². The van der Waals surface area contributed by atoms with Gasteiger partial charge in [0.15, 0.2) is 0 Å². The van der Waals surface area contributed by atoms with Crippen LogP contribution in [0.15, 0.2) is 11.4 Å². The van der Waals surface area contributed by atoms with Gasteiger partial charge in [0.05, 0.1) is 6.61 Å². The number of hydrogen-bond donors (Lipinski definition) is 1. The Labute approximate surface area is 115 Å². The minimum atomic E-state index is 0.139. The molecular formula is C15H23NOS. The Balaban J connectivity index is 2.73. The van der Waals surface area contributed by atoms with Crippen molar-refractivity contribution in [2.45, 2.75) is 46.2 Å². The highest BCUT2D eigenvalue weighted by atomic mass is 32.1. The zero-order chi connectivity index (χ0) is 13.4. The first-order chi connectivity index (χ1) is 8.72. The molecule has 1 aromatic heterocycles. The van der Waals surface area contributed by atoms with E-state index in [0.717, 1.165) is 18.7 Å². The summed E-state index contributed by atoms with van der Waals surface area (Å²) in [7, 11) is 0. The average Bonchev–Trinajstić information content (AvgIpc) is 2.82. The molecule has 0 aliphatic heterocycles. The summed E-state index contributed by atoms with van der Waals surface area (Å²) in [6.07, 6.45) is 1.73. The second kappa shape index (κ2) is 8.31. The van der Waals surface area contributed by atoms with Gasteiger partial charge in [0.2, 0.25) is 0 Å². The zero-order valence-electron chi connectivity index (χ0n) is 11.6. The van der Waals surface area contributed by atoms with Crippen molar-refractivity contribution in [3.05, 3.63) is 21.9 Å². The van der Waals surface area contributed by atoms with Crippen LogP contribution < -0.4 is 0 Å². The van der Waals surface area contributed by atoms with E-state index in [1.54, 1.807) is 11.3 Å². The molecule has 0 spiro atoms. The highest BCUT2D eigenvalue weighted by molar-refractivity contribution is 7.10. The number of aliphatic hydroxyl groups is 1. The molecule has 1 aromatic rings. The molecule has 0 saturated carbocycles. The lowest BCUT2D eigenvalue weighted by Gasteiger charge is -2.26. The summed E-state index contributed by atoms with van der Waals surface area (Å²) < 4.78 is 0. The van der Waals surface area contributed by atoms with Crippen molar-refractivity contribution in [1.82, 2.24) is 4.90 Å². The Morgan fingerprint density at radius 2 is 2.22 bits per heavy atom. The molecule has 100 valence electrons. The van der Waals surface area contributed by atoms with Crippen molar-refractivity contribution in [3.8, 4) is 11.8 Å². The fraction of sp³-hybridized carbons (Fsp3) is 0.600. The minimum absolute atomic E-state index is 0.139. The van der Waals surface area contributed by atoms with Crippen molar-refractivity contribution in [1.29, 1.82) is 0 Å². The van der Waals surface area contributed by atoms with Gasteiger partial charge in [-0.1, -0.05) is 25.7 Å². The predicted molar refractivity (Wildman–Crippen MR) is 78.7 cm³/mol. The summed E-state index contributed by atoms with van der Waals surface area (Å²) in [5.41, 5.74) is 1.12. The average molecular weight is 265 g/mol. The largest absolute Gasteiger partial charge is 0.395 e. The van der Waals surface area contributed by atoms with E-state index < -0.39 is 0 Å². The summed E-state index contributed by atoms with van der Waals surface area (Å²) >= 11 is 1.77. The number of hydrogen-bond acceptors (Lipinski definition) is 3. The molecule has 1 heterocycles. The maximum Gasteiger partial charge on any atom is 0.0540 e. The summed E-state index contributed by atoms with van der Waals surface area (Å²) in [5.74, 6) is 6.15. The van der Waals surface area contributed by atoms with Crippen LogP contribution in [0.1, 0.15) is 44.1 Å². The van der Waals surface area contributed by atoms with Crippen molar-refractivity contribution in [2.75, 3.05) is 13.2 Å². The molecule has 2 nitrogen and oxygen atoms in total. The Morgan fingerprint density at radius 3 is 2.83 bits per heavy atom. The first-order valence-electron chi connectivity index (χ1n) is 6.63. The molecule has 0 saturated heterocycles. The van der Waals surface area contributed by atoms with Gasteiger partial charge in [-0.05, 0) is 31.3 Å².